The molecule has 23 heavy (non-hydrogen) atoms. The van der Waals surface area contributed by atoms with Gasteiger partial charge >= 0.3 is 5.69 Å². The van der Waals surface area contributed by atoms with Gasteiger partial charge in [0.05, 0.1) is 22.7 Å². The van der Waals surface area contributed by atoms with Crippen molar-refractivity contribution in [1.29, 1.82) is 5.26 Å². The van der Waals surface area contributed by atoms with Crippen molar-refractivity contribution in [2.75, 3.05) is 5.32 Å². The zero-order valence-corrected chi connectivity index (χ0v) is 12.7. The van der Waals surface area contributed by atoms with E-state index in [9.17, 15) is 9.59 Å². The molecule has 0 radical (unpaired) electrons. The number of nitrogens with one attached hydrogen (secondary N) is 1. The van der Waals surface area contributed by atoms with Gasteiger partial charge in [0, 0.05) is 25.3 Å². The average Bonchev–Trinajstić information content (AvgIpc) is 2.79. The van der Waals surface area contributed by atoms with E-state index < -0.39 is 0 Å². The lowest BCUT2D eigenvalue weighted by Crippen LogP contribution is -2.19. The summed E-state index contributed by atoms with van der Waals surface area (Å²) in [7, 11) is 3.36. The third-order valence-corrected chi connectivity index (χ3v) is 3.78. The van der Waals surface area contributed by atoms with E-state index in [4.69, 9.17) is 5.26 Å². The summed E-state index contributed by atoms with van der Waals surface area (Å²) in [6.07, 6.45) is 0. The monoisotopic (exact) mass is 306 g/mol. The van der Waals surface area contributed by atoms with Gasteiger partial charge in [0.1, 0.15) is 0 Å². The normalized spacial score (nSPS) is 10.5. The van der Waals surface area contributed by atoms with Gasteiger partial charge in [-0.2, -0.15) is 5.26 Å². The summed E-state index contributed by atoms with van der Waals surface area (Å²) >= 11 is 0. The van der Waals surface area contributed by atoms with Crippen LogP contribution in [0.25, 0.3) is 11.0 Å². The standard InChI is InChI=1S/C17H14N4O2/c1-20-14-7-6-12(9-15(14)21(2)17(20)23)16(22)19-13-5-3-4-11(8-13)10-18/h3-9H,1-2H3,(H,19,22). The Hall–Kier alpha value is -3.33. The number of hydrogen-bond donors (Lipinski definition) is 1. The smallest absolute Gasteiger partial charge is 0.322 e. The maximum absolute atomic E-state index is 12.4. The van der Waals surface area contributed by atoms with Crippen molar-refractivity contribution in [3.63, 3.8) is 0 Å². The summed E-state index contributed by atoms with van der Waals surface area (Å²) in [6, 6.07) is 13.8. The van der Waals surface area contributed by atoms with Crippen LogP contribution in [-0.4, -0.2) is 15.0 Å². The van der Waals surface area contributed by atoms with Crippen molar-refractivity contribution in [3.8, 4) is 6.07 Å². The Morgan fingerprint density at radius 2 is 1.83 bits per heavy atom. The highest BCUT2D eigenvalue weighted by atomic mass is 16.2. The molecule has 0 fully saturated rings. The number of imidazole rings is 1. The topological polar surface area (TPSA) is 79.8 Å². The summed E-state index contributed by atoms with van der Waals surface area (Å²) in [5.74, 6) is -0.293. The number of benzene rings is 2. The van der Waals surface area contributed by atoms with E-state index in [2.05, 4.69) is 5.32 Å². The Labute approximate surface area is 132 Å². The highest BCUT2D eigenvalue weighted by molar-refractivity contribution is 6.06. The summed E-state index contributed by atoms with van der Waals surface area (Å²) in [4.78, 5) is 24.3. The fourth-order valence-corrected chi connectivity index (χ4v) is 2.52. The van der Waals surface area contributed by atoms with Crippen LogP contribution in [0.5, 0.6) is 0 Å². The molecule has 0 aliphatic rings. The SMILES string of the molecule is Cn1c(=O)n(C)c2cc(C(=O)Nc3cccc(C#N)c3)ccc21. The number of anilines is 1. The number of carbonyl (C=O) groups excluding carboxylic acids is 1. The average molecular weight is 306 g/mol. The summed E-state index contributed by atoms with van der Waals surface area (Å²) in [5.41, 5.74) is 2.79. The lowest BCUT2D eigenvalue weighted by molar-refractivity contribution is 0.102. The Balaban J connectivity index is 1.96. The molecule has 0 saturated carbocycles. The van der Waals surface area contributed by atoms with Gasteiger partial charge in [-0.3, -0.25) is 13.9 Å². The molecule has 3 rings (SSSR count). The van der Waals surface area contributed by atoms with Gasteiger partial charge in [0.15, 0.2) is 0 Å². The van der Waals surface area contributed by atoms with Gasteiger partial charge in [0.25, 0.3) is 5.91 Å². The van der Waals surface area contributed by atoms with Crippen LogP contribution in [0.4, 0.5) is 5.69 Å². The first-order chi connectivity index (χ1) is 11.0. The Morgan fingerprint density at radius 3 is 2.57 bits per heavy atom. The highest BCUT2D eigenvalue weighted by Crippen LogP contribution is 2.16. The molecule has 1 N–H and O–H groups in total. The van der Waals surface area contributed by atoms with Gasteiger partial charge in [-0.25, -0.2) is 4.79 Å². The van der Waals surface area contributed by atoms with Crippen molar-refractivity contribution in [3.05, 3.63) is 64.1 Å². The molecule has 1 aromatic heterocycles. The minimum Gasteiger partial charge on any atom is -0.322 e. The fraction of sp³-hybridized carbons (Fsp3) is 0.118. The van der Waals surface area contributed by atoms with Crippen LogP contribution in [0.15, 0.2) is 47.3 Å². The number of nitrogens with zero attached hydrogens (tertiary/aromatic N) is 3. The van der Waals surface area contributed by atoms with Gasteiger partial charge < -0.3 is 5.32 Å². The van der Waals surface area contributed by atoms with Crippen molar-refractivity contribution in [1.82, 2.24) is 9.13 Å². The lowest BCUT2D eigenvalue weighted by atomic mass is 10.1. The van der Waals surface area contributed by atoms with Crippen LogP contribution in [0, 0.1) is 11.3 Å². The van der Waals surface area contributed by atoms with Gasteiger partial charge in [-0.15, -0.1) is 0 Å². The quantitative estimate of drug-likeness (QED) is 0.786. The van der Waals surface area contributed by atoms with Crippen LogP contribution >= 0.6 is 0 Å². The minimum absolute atomic E-state index is 0.140. The van der Waals surface area contributed by atoms with E-state index in [0.29, 0.717) is 22.3 Å². The van der Waals surface area contributed by atoms with E-state index in [1.807, 2.05) is 6.07 Å². The number of aromatic nitrogens is 2. The van der Waals surface area contributed by atoms with Gasteiger partial charge in [0.2, 0.25) is 0 Å². The molecule has 6 heteroatoms. The molecular weight excluding hydrogens is 292 g/mol. The number of fused-ring (bicyclic) bond motifs is 1. The molecule has 0 spiro atoms. The molecule has 1 heterocycles. The Kier molecular flexibility index (Phi) is 3.47. The summed E-state index contributed by atoms with van der Waals surface area (Å²) in [5, 5.41) is 11.6. The zero-order valence-electron chi connectivity index (χ0n) is 12.7. The van der Waals surface area contributed by atoms with Crippen molar-refractivity contribution >= 4 is 22.6 Å². The van der Waals surface area contributed by atoms with Crippen LogP contribution in [0.1, 0.15) is 15.9 Å². The van der Waals surface area contributed by atoms with Crippen LogP contribution in [0.3, 0.4) is 0 Å². The zero-order chi connectivity index (χ0) is 16.6. The molecule has 0 aliphatic carbocycles. The molecular formula is C17H14N4O2. The minimum atomic E-state index is -0.293. The Bertz CT molecular complexity index is 1020. The van der Waals surface area contributed by atoms with Crippen LogP contribution in [0.2, 0.25) is 0 Å². The number of aryl methyl sites for hydroxylation is 2. The molecule has 3 aromatic rings. The number of rotatable bonds is 2. The van der Waals surface area contributed by atoms with E-state index in [0.717, 1.165) is 5.52 Å². The number of amides is 1. The van der Waals surface area contributed by atoms with E-state index in [1.54, 1.807) is 56.6 Å². The van der Waals surface area contributed by atoms with Gasteiger partial charge in [-0.05, 0) is 36.4 Å². The van der Waals surface area contributed by atoms with Gasteiger partial charge in [-0.1, -0.05) is 6.07 Å². The van der Waals surface area contributed by atoms with E-state index >= 15 is 0 Å². The first kappa shape index (κ1) is 14.6. The largest absolute Gasteiger partial charge is 0.328 e. The molecule has 2 aromatic carbocycles. The summed E-state index contributed by atoms with van der Waals surface area (Å²) < 4.78 is 3.04. The van der Waals surface area contributed by atoms with E-state index in [1.165, 1.54) is 9.13 Å². The van der Waals surface area contributed by atoms with E-state index in [-0.39, 0.29) is 11.6 Å². The lowest BCUT2D eigenvalue weighted by Gasteiger charge is -2.06. The van der Waals surface area contributed by atoms with Crippen molar-refractivity contribution in [2.45, 2.75) is 0 Å². The number of carbonyl (C=O) groups is 1. The summed E-state index contributed by atoms with van der Waals surface area (Å²) in [6.45, 7) is 0. The third-order valence-electron chi connectivity index (χ3n) is 3.78. The Morgan fingerprint density at radius 1 is 1.09 bits per heavy atom. The number of hydrogen-bond acceptors (Lipinski definition) is 3. The molecule has 0 unspecified atom stereocenters. The second kappa shape index (κ2) is 5.46. The molecule has 0 bridgehead atoms. The third kappa shape index (κ3) is 2.49. The molecule has 114 valence electrons. The molecule has 0 aliphatic heterocycles. The van der Waals surface area contributed by atoms with Crippen molar-refractivity contribution in [2.24, 2.45) is 14.1 Å². The second-order valence-electron chi connectivity index (χ2n) is 5.25. The maximum Gasteiger partial charge on any atom is 0.328 e. The molecule has 0 atom stereocenters. The first-order valence-corrected chi connectivity index (χ1v) is 6.98. The molecule has 6 nitrogen and oxygen atoms in total. The van der Waals surface area contributed by atoms with Crippen LogP contribution < -0.4 is 11.0 Å². The maximum atomic E-state index is 12.4. The second-order valence-corrected chi connectivity index (χ2v) is 5.25. The van der Waals surface area contributed by atoms with Crippen LogP contribution in [-0.2, 0) is 14.1 Å². The molecule has 0 saturated heterocycles. The predicted octanol–water partition coefficient (Wildman–Crippen LogP) is 2.00. The first-order valence-electron chi connectivity index (χ1n) is 6.98. The predicted molar refractivity (Wildman–Crippen MR) is 87.3 cm³/mol. The fourth-order valence-electron chi connectivity index (χ4n) is 2.52. The number of nitriles is 1. The highest BCUT2D eigenvalue weighted by Gasteiger charge is 2.12. The van der Waals surface area contributed by atoms with Crippen molar-refractivity contribution < 1.29 is 4.79 Å². The molecule has 1 amide bonds.